The van der Waals surface area contributed by atoms with Crippen molar-refractivity contribution in [3.8, 4) is 0 Å². The summed E-state index contributed by atoms with van der Waals surface area (Å²) in [5, 5.41) is 13.9. The first-order valence-electron chi connectivity index (χ1n) is 10.0. The molecule has 2 fully saturated rings. The Morgan fingerprint density at radius 1 is 1.07 bits per heavy atom. The predicted octanol–water partition coefficient (Wildman–Crippen LogP) is 4.05. The second kappa shape index (κ2) is 8.29. The van der Waals surface area contributed by atoms with Gasteiger partial charge in [-0.05, 0) is 55.5 Å². The number of piperidine rings is 2. The lowest BCUT2D eigenvalue weighted by Gasteiger charge is -2.49. The lowest BCUT2D eigenvalue weighted by Crippen LogP contribution is -2.56. The molecule has 2 aliphatic heterocycles. The summed E-state index contributed by atoms with van der Waals surface area (Å²) in [7, 11) is 0. The normalized spacial score (nSPS) is 24.1. The molecule has 2 heterocycles. The number of fused-ring (bicyclic) bond motifs is 2. The van der Waals surface area contributed by atoms with Crippen LogP contribution in [0.15, 0.2) is 48.5 Å². The minimum atomic E-state index is -0.473. The maximum atomic E-state index is 13.2. The fourth-order valence-electron chi connectivity index (χ4n) is 4.66. The Bertz CT molecular complexity index is 871. The molecule has 29 heavy (non-hydrogen) atoms. The van der Waals surface area contributed by atoms with E-state index in [1.807, 2.05) is 12.1 Å². The third-order valence-corrected chi connectivity index (χ3v) is 6.08. The molecule has 2 atom stereocenters. The molecule has 2 saturated heterocycles. The molecule has 1 amide bonds. The van der Waals surface area contributed by atoms with Crippen molar-refractivity contribution in [2.75, 3.05) is 0 Å². The van der Waals surface area contributed by atoms with Gasteiger partial charge < -0.3 is 5.32 Å². The van der Waals surface area contributed by atoms with Crippen LogP contribution in [0, 0.1) is 15.9 Å². The van der Waals surface area contributed by atoms with Crippen molar-refractivity contribution in [3.63, 3.8) is 0 Å². The number of rotatable bonds is 5. The summed E-state index contributed by atoms with van der Waals surface area (Å²) in [5.41, 5.74) is 1.52. The van der Waals surface area contributed by atoms with Crippen molar-refractivity contribution >= 4 is 11.6 Å². The van der Waals surface area contributed by atoms with Crippen LogP contribution in [0.1, 0.15) is 48.0 Å². The molecule has 0 radical (unpaired) electrons. The van der Waals surface area contributed by atoms with Crippen LogP contribution in [0.25, 0.3) is 0 Å². The first-order chi connectivity index (χ1) is 14.0. The van der Waals surface area contributed by atoms with Crippen LogP contribution >= 0.6 is 0 Å². The van der Waals surface area contributed by atoms with E-state index in [-0.39, 0.29) is 23.5 Å². The highest BCUT2D eigenvalue weighted by Crippen LogP contribution is 2.35. The van der Waals surface area contributed by atoms with Crippen molar-refractivity contribution in [1.82, 2.24) is 10.2 Å². The molecule has 2 aromatic carbocycles. The first-order valence-corrected chi connectivity index (χ1v) is 10.0. The van der Waals surface area contributed by atoms with Gasteiger partial charge in [0.1, 0.15) is 5.82 Å². The van der Waals surface area contributed by atoms with Gasteiger partial charge in [-0.3, -0.25) is 19.8 Å². The molecule has 0 aliphatic carbocycles. The molecule has 7 heteroatoms. The Labute approximate surface area is 168 Å². The fraction of sp³-hybridized carbons (Fsp3) is 0.409. The van der Waals surface area contributed by atoms with E-state index in [0.29, 0.717) is 17.6 Å². The largest absolute Gasteiger partial charge is 0.349 e. The number of amides is 1. The van der Waals surface area contributed by atoms with Gasteiger partial charge in [-0.15, -0.1) is 0 Å². The fourth-order valence-corrected chi connectivity index (χ4v) is 4.66. The van der Waals surface area contributed by atoms with Gasteiger partial charge in [-0.25, -0.2) is 4.39 Å². The van der Waals surface area contributed by atoms with E-state index < -0.39 is 4.92 Å². The van der Waals surface area contributed by atoms with Crippen molar-refractivity contribution in [1.29, 1.82) is 0 Å². The third kappa shape index (κ3) is 4.45. The van der Waals surface area contributed by atoms with Gasteiger partial charge in [0.05, 0.1) is 4.92 Å². The van der Waals surface area contributed by atoms with Crippen molar-refractivity contribution in [2.24, 2.45) is 0 Å². The SMILES string of the molecule is O=C(NC1CC2CCCC(C1)N2Cc1ccc(F)cc1)c1ccc([N+](=O)[O-])cc1. The molecule has 1 N–H and O–H groups in total. The van der Waals surface area contributed by atoms with Crippen LogP contribution in [0.3, 0.4) is 0 Å². The Morgan fingerprint density at radius 2 is 1.69 bits per heavy atom. The summed E-state index contributed by atoms with van der Waals surface area (Å²) in [6.07, 6.45) is 5.16. The zero-order valence-electron chi connectivity index (χ0n) is 16.1. The average Bonchev–Trinajstić information content (AvgIpc) is 2.70. The minimum Gasteiger partial charge on any atom is -0.349 e. The van der Waals surface area contributed by atoms with E-state index in [0.717, 1.165) is 37.8 Å². The van der Waals surface area contributed by atoms with E-state index in [1.165, 1.54) is 42.8 Å². The number of halogens is 1. The van der Waals surface area contributed by atoms with Crippen LogP contribution in [-0.4, -0.2) is 33.9 Å². The third-order valence-electron chi connectivity index (χ3n) is 6.08. The number of hydrogen-bond acceptors (Lipinski definition) is 4. The Kier molecular flexibility index (Phi) is 5.58. The molecule has 2 bridgehead atoms. The number of non-ortho nitro benzene ring substituents is 1. The number of benzene rings is 2. The molecule has 0 spiro atoms. The molecular formula is C22H24FN3O3. The summed E-state index contributed by atoms with van der Waals surface area (Å²) < 4.78 is 13.2. The van der Waals surface area contributed by atoms with Crippen molar-refractivity contribution in [3.05, 3.63) is 75.6 Å². The molecule has 4 rings (SSSR count). The molecular weight excluding hydrogens is 373 g/mol. The summed E-state index contributed by atoms with van der Waals surface area (Å²) in [5.74, 6) is -0.406. The van der Waals surface area contributed by atoms with E-state index in [2.05, 4.69) is 10.2 Å². The second-order valence-electron chi connectivity index (χ2n) is 7.98. The van der Waals surface area contributed by atoms with Gasteiger partial charge in [0.15, 0.2) is 0 Å². The quantitative estimate of drug-likeness (QED) is 0.610. The molecule has 152 valence electrons. The predicted molar refractivity (Wildman–Crippen MR) is 107 cm³/mol. The topological polar surface area (TPSA) is 75.5 Å². The number of hydrogen-bond donors (Lipinski definition) is 1. The maximum Gasteiger partial charge on any atom is 0.269 e. The van der Waals surface area contributed by atoms with Gasteiger partial charge in [-0.1, -0.05) is 18.6 Å². The summed E-state index contributed by atoms with van der Waals surface area (Å²) in [4.78, 5) is 25.4. The summed E-state index contributed by atoms with van der Waals surface area (Å²) in [6.45, 7) is 0.804. The van der Waals surface area contributed by atoms with Crippen molar-refractivity contribution < 1.29 is 14.1 Å². The number of carbonyl (C=O) groups is 1. The molecule has 2 unspecified atom stereocenters. The monoisotopic (exact) mass is 397 g/mol. The highest BCUT2D eigenvalue weighted by atomic mass is 19.1. The lowest BCUT2D eigenvalue weighted by molar-refractivity contribution is -0.384. The number of nitrogens with zero attached hydrogens (tertiary/aromatic N) is 2. The highest BCUT2D eigenvalue weighted by Gasteiger charge is 2.38. The smallest absolute Gasteiger partial charge is 0.269 e. The molecule has 2 aromatic rings. The van der Waals surface area contributed by atoms with Gasteiger partial charge in [0.2, 0.25) is 0 Å². The molecule has 2 aliphatic rings. The average molecular weight is 397 g/mol. The molecule has 6 nitrogen and oxygen atoms in total. The van der Waals surface area contributed by atoms with E-state index in [1.54, 1.807) is 0 Å². The minimum absolute atomic E-state index is 0.0230. The lowest BCUT2D eigenvalue weighted by atomic mass is 9.81. The van der Waals surface area contributed by atoms with Crippen LogP contribution in [0.5, 0.6) is 0 Å². The van der Waals surface area contributed by atoms with Gasteiger partial charge in [-0.2, -0.15) is 0 Å². The van der Waals surface area contributed by atoms with Gasteiger partial charge >= 0.3 is 0 Å². The van der Waals surface area contributed by atoms with E-state index in [9.17, 15) is 19.3 Å². The molecule has 0 aromatic heterocycles. The maximum absolute atomic E-state index is 13.2. The van der Waals surface area contributed by atoms with Crippen molar-refractivity contribution in [2.45, 2.75) is 56.8 Å². The summed E-state index contributed by atoms with van der Waals surface area (Å²) >= 11 is 0. The Hall–Kier alpha value is -2.80. The van der Waals surface area contributed by atoms with Crippen LogP contribution < -0.4 is 5.32 Å². The van der Waals surface area contributed by atoms with Gasteiger partial charge in [0.25, 0.3) is 11.6 Å². The number of carbonyl (C=O) groups excluding carboxylic acids is 1. The number of nitro benzene ring substituents is 1. The second-order valence-corrected chi connectivity index (χ2v) is 7.98. The number of nitro groups is 1. The van der Waals surface area contributed by atoms with Crippen LogP contribution in [0.2, 0.25) is 0 Å². The standard InChI is InChI=1S/C22H24FN3O3/c23-17-8-4-15(5-9-17)14-25-20-2-1-3-21(25)13-18(12-20)24-22(27)16-6-10-19(11-7-16)26(28)29/h4-11,18,20-21H,1-3,12-14H2,(H,24,27). The summed E-state index contributed by atoms with van der Waals surface area (Å²) in [6, 6.07) is 13.3. The molecule has 0 saturated carbocycles. The van der Waals surface area contributed by atoms with E-state index >= 15 is 0 Å². The Morgan fingerprint density at radius 3 is 2.28 bits per heavy atom. The first kappa shape index (κ1) is 19.5. The van der Waals surface area contributed by atoms with Gasteiger partial charge in [0, 0.05) is 42.4 Å². The zero-order valence-corrected chi connectivity index (χ0v) is 16.1. The zero-order chi connectivity index (χ0) is 20.4. The van der Waals surface area contributed by atoms with Crippen LogP contribution in [0.4, 0.5) is 10.1 Å². The highest BCUT2D eigenvalue weighted by molar-refractivity contribution is 5.94. The van der Waals surface area contributed by atoms with Crippen LogP contribution in [-0.2, 0) is 6.54 Å². The van der Waals surface area contributed by atoms with E-state index in [4.69, 9.17) is 0 Å². The Balaban J connectivity index is 1.39. The number of nitrogens with one attached hydrogen (secondary N) is 1.